The molecule has 23 heavy (non-hydrogen) atoms. The van der Waals surface area contributed by atoms with Crippen LogP contribution in [0, 0.1) is 11.6 Å². The number of rotatable bonds is 5. The van der Waals surface area contributed by atoms with E-state index in [1.54, 1.807) is 27.7 Å². The highest BCUT2D eigenvalue weighted by Crippen LogP contribution is 2.21. The predicted molar refractivity (Wildman–Crippen MR) is 83.5 cm³/mol. The summed E-state index contributed by atoms with van der Waals surface area (Å²) in [7, 11) is 0. The van der Waals surface area contributed by atoms with E-state index in [9.17, 15) is 18.4 Å². The number of alkyl carbamates (subject to hydrolysis) is 1. The van der Waals surface area contributed by atoms with Crippen LogP contribution >= 0.6 is 11.6 Å². The molecule has 4 nitrogen and oxygen atoms in total. The van der Waals surface area contributed by atoms with Gasteiger partial charge in [0.25, 0.3) is 0 Å². The molecule has 1 aromatic carbocycles. The molecule has 0 bridgehead atoms. The normalized spacial score (nSPS) is 12.7. The number of hydrogen-bond acceptors (Lipinski definition) is 3. The monoisotopic (exact) mass is 347 g/mol. The Morgan fingerprint density at radius 2 is 1.91 bits per heavy atom. The molecule has 0 heterocycles. The van der Waals surface area contributed by atoms with Crippen molar-refractivity contribution in [3.05, 3.63) is 34.4 Å². The van der Waals surface area contributed by atoms with Gasteiger partial charge < -0.3 is 10.1 Å². The first-order valence-corrected chi connectivity index (χ1v) is 7.57. The van der Waals surface area contributed by atoms with Crippen molar-refractivity contribution in [2.45, 2.75) is 52.2 Å². The van der Waals surface area contributed by atoms with Crippen LogP contribution in [0.5, 0.6) is 0 Å². The van der Waals surface area contributed by atoms with E-state index >= 15 is 0 Å². The highest BCUT2D eigenvalue weighted by atomic mass is 35.5. The number of hydrogen-bond donors (Lipinski definition) is 1. The Morgan fingerprint density at radius 3 is 2.39 bits per heavy atom. The standard InChI is InChI=1S/C16H20ClF2NO3/c1-5-13(21)12(20-15(22)23-16(2,3)4)8-9-6-10(17)14(19)11(18)7-9/h6-7,12H,5,8H2,1-4H3,(H,20,22)/t12-/m0/s1. The Balaban J connectivity index is 2.92. The SMILES string of the molecule is CCC(=O)[C@H](Cc1cc(F)c(F)c(Cl)c1)NC(=O)OC(C)(C)C. The van der Waals surface area contributed by atoms with Crippen molar-refractivity contribution in [2.75, 3.05) is 0 Å². The minimum atomic E-state index is -1.14. The molecule has 0 spiro atoms. The molecular weight excluding hydrogens is 328 g/mol. The Morgan fingerprint density at radius 1 is 1.30 bits per heavy atom. The molecule has 0 aliphatic heterocycles. The average Bonchev–Trinajstić information content (AvgIpc) is 2.41. The van der Waals surface area contributed by atoms with Gasteiger partial charge in [0, 0.05) is 12.8 Å². The van der Waals surface area contributed by atoms with E-state index in [1.807, 2.05) is 0 Å². The quantitative estimate of drug-likeness (QED) is 0.818. The second kappa shape index (κ2) is 7.73. The Hall–Kier alpha value is -1.69. The van der Waals surface area contributed by atoms with Crippen LogP contribution in [0.15, 0.2) is 12.1 Å². The summed E-state index contributed by atoms with van der Waals surface area (Å²) >= 11 is 5.60. The maximum Gasteiger partial charge on any atom is 0.408 e. The Bertz CT molecular complexity index is 576. The molecule has 0 unspecified atom stereocenters. The highest BCUT2D eigenvalue weighted by Gasteiger charge is 2.24. The van der Waals surface area contributed by atoms with Crippen LogP contribution < -0.4 is 5.32 Å². The zero-order valence-corrected chi connectivity index (χ0v) is 14.3. The van der Waals surface area contributed by atoms with Gasteiger partial charge in [0.2, 0.25) is 0 Å². The van der Waals surface area contributed by atoms with Crippen molar-refractivity contribution < 1.29 is 23.1 Å². The zero-order chi connectivity index (χ0) is 17.8. The first kappa shape index (κ1) is 19.4. The van der Waals surface area contributed by atoms with E-state index in [-0.39, 0.29) is 23.6 Å². The number of benzene rings is 1. The highest BCUT2D eigenvalue weighted by molar-refractivity contribution is 6.30. The molecule has 1 rings (SSSR count). The van der Waals surface area contributed by atoms with Crippen molar-refractivity contribution in [1.82, 2.24) is 5.32 Å². The molecule has 0 saturated heterocycles. The lowest BCUT2D eigenvalue weighted by atomic mass is 10.0. The summed E-state index contributed by atoms with van der Waals surface area (Å²) in [6.07, 6.45) is -0.584. The second-order valence-corrected chi connectivity index (χ2v) is 6.50. The molecule has 0 aliphatic carbocycles. The van der Waals surface area contributed by atoms with Crippen LogP contribution in [0.1, 0.15) is 39.7 Å². The number of ketones is 1. The van der Waals surface area contributed by atoms with Crippen molar-refractivity contribution in [3.8, 4) is 0 Å². The van der Waals surface area contributed by atoms with Crippen LogP contribution in [0.3, 0.4) is 0 Å². The fourth-order valence-electron chi connectivity index (χ4n) is 1.90. The van der Waals surface area contributed by atoms with Gasteiger partial charge in [-0.25, -0.2) is 13.6 Å². The molecule has 0 aromatic heterocycles. The summed E-state index contributed by atoms with van der Waals surface area (Å²) in [5.41, 5.74) is -0.411. The molecule has 0 saturated carbocycles. The van der Waals surface area contributed by atoms with Gasteiger partial charge in [0.15, 0.2) is 17.4 Å². The molecule has 1 amide bonds. The summed E-state index contributed by atoms with van der Waals surface area (Å²) < 4.78 is 31.7. The van der Waals surface area contributed by atoms with Gasteiger partial charge in [-0.1, -0.05) is 18.5 Å². The minimum Gasteiger partial charge on any atom is -0.444 e. The lowest BCUT2D eigenvalue weighted by Crippen LogP contribution is -2.44. The number of amides is 1. The van der Waals surface area contributed by atoms with E-state index in [1.165, 1.54) is 6.07 Å². The third-order valence-corrected chi connectivity index (χ3v) is 3.19. The van der Waals surface area contributed by atoms with Crippen molar-refractivity contribution in [2.24, 2.45) is 0 Å². The van der Waals surface area contributed by atoms with Crippen molar-refractivity contribution in [3.63, 3.8) is 0 Å². The van der Waals surface area contributed by atoms with Crippen LogP contribution in [0.25, 0.3) is 0 Å². The van der Waals surface area contributed by atoms with Crippen molar-refractivity contribution in [1.29, 1.82) is 0 Å². The van der Waals surface area contributed by atoms with Crippen LogP contribution in [0.2, 0.25) is 5.02 Å². The molecule has 1 aromatic rings. The van der Waals surface area contributed by atoms with Gasteiger partial charge in [-0.15, -0.1) is 0 Å². The first-order chi connectivity index (χ1) is 10.5. The molecule has 0 aliphatic rings. The molecule has 128 valence electrons. The van der Waals surface area contributed by atoms with Gasteiger partial charge in [-0.05, 0) is 38.5 Å². The van der Waals surface area contributed by atoms with E-state index < -0.39 is 29.4 Å². The summed E-state index contributed by atoms with van der Waals surface area (Å²) in [5, 5.41) is 2.08. The van der Waals surface area contributed by atoms with E-state index in [0.29, 0.717) is 5.56 Å². The van der Waals surface area contributed by atoms with E-state index in [0.717, 1.165) is 6.07 Å². The van der Waals surface area contributed by atoms with Gasteiger partial charge in [0.1, 0.15) is 5.60 Å². The maximum atomic E-state index is 13.4. The third-order valence-electron chi connectivity index (χ3n) is 2.91. The first-order valence-electron chi connectivity index (χ1n) is 7.19. The number of halogens is 3. The molecule has 0 radical (unpaired) electrons. The number of ether oxygens (including phenoxy) is 1. The fourth-order valence-corrected chi connectivity index (χ4v) is 2.13. The Kier molecular flexibility index (Phi) is 6.50. The van der Waals surface area contributed by atoms with Gasteiger partial charge in [0.05, 0.1) is 11.1 Å². The third kappa shape index (κ3) is 6.14. The lowest BCUT2D eigenvalue weighted by Gasteiger charge is -2.23. The van der Waals surface area contributed by atoms with E-state index in [2.05, 4.69) is 5.32 Å². The Labute approximate surface area is 139 Å². The van der Waals surface area contributed by atoms with Crippen LogP contribution in [0.4, 0.5) is 13.6 Å². The number of carbonyl (C=O) groups is 2. The predicted octanol–water partition coefficient (Wildman–Crippen LogP) is 4.03. The van der Waals surface area contributed by atoms with Crippen LogP contribution in [-0.2, 0) is 16.0 Å². The maximum absolute atomic E-state index is 13.4. The van der Waals surface area contributed by atoms with E-state index in [4.69, 9.17) is 16.3 Å². The molecule has 1 N–H and O–H groups in total. The zero-order valence-electron chi connectivity index (χ0n) is 13.5. The van der Waals surface area contributed by atoms with Gasteiger partial charge in [-0.2, -0.15) is 0 Å². The molecule has 7 heteroatoms. The summed E-state index contributed by atoms with van der Waals surface area (Å²) in [6, 6.07) is 1.27. The molecule has 1 atom stereocenters. The largest absolute Gasteiger partial charge is 0.444 e. The summed E-state index contributed by atoms with van der Waals surface area (Å²) in [6.45, 7) is 6.72. The number of nitrogens with one attached hydrogen (secondary N) is 1. The topological polar surface area (TPSA) is 55.4 Å². The van der Waals surface area contributed by atoms with Crippen molar-refractivity contribution >= 4 is 23.5 Å². The number of Topliss-reactive ketones (excluding diaryl/α,β-unsaturated/α-hetero) is 1. The lowest BCUT2D eigenvalue weighted by molar-refractivity contribution is -0.120. The van der Waals surface area contributed by atoms with Crippen LogP contribution in [-0.4, -0.2) is 23.5 Å². The fraction of sp³-hybridized carbons (Fsp3) is 0.500. The summed E-state index contributed by atoms with van der Waals surface area (Å²) in [4.78, 5) is 23.8. The minimum absolute atomic E-state index is 0.0111. The average molecular weight is 348 g/mol. The molecule has 0 fully saturated rings. The smallest absolute Gasteiger partial charge is 0.408 e. The van der Waals surface area contributed by atoms with Gasteiger partial charge >= 0.3 is 6.09 Å². The second-order valence-electron chi connectivity index (χ2n) is 6.10. The van der Waals surface area contributed by atoms with Gasteiger partial charge in [-0.3, -0.25) is 4.79 Å². The summed E-state index contributed by atoms with van der Waals surface area (Å²) in [5.74, 6) is -2.50. The molecular formula is C16H20ClF2NO3. The number of carbonyl (C=O) groups excluding carboxylic acids is 2.